The summed E-state index contributed by atoms with van der Waals surface area (Å²) < 4.78 is 17.7. The highest BCUT2D eigenvalue weighted by atomic mass is 19.1. The van der Waals surface area contributed by atoms with Gasteiger partial charge in [-0.2, -0.15) is 4.98 Å². The van der Waals surface area contributed by atoms with Gasteiger partial charge in [-0.15, -0.1) is 0 Å². The van der Waals surface area contributed by atoms with Crippen LogP contribution in [0.4, 0.5) is 4.39 Å². The van der Waals surface area contributed by atoms with E-state index in [1.54, 1.807) is 12.1 Å². The minimum Gasteiger partial charge on any atom is -0.339 e. The molecule has 1 aromatic heterocycles. The Bertz CT molecular complexity index is 453. The van der Waals surface area contributed by atoms with Gasteiger partial charge in [0.2, 0.25) is 5.89 Å². The van der Waals surface area contributed by atoms with Crippen LogP contribution in [0, 0.1) is 5.82 Å². The standard InChI is InChI=1S/C11H12FN3O/c1-13-7-10-14-11(16-15-10)6-8-2-4-9(12)5-3-8/h2-5,13H,6-7H2,1H3. The molecular formula is C11H12FN3O. The van der Waals surface area contributed by atoms with Gasteiger partial charge in [0.15, 0.2) is 5.82 Å². The fraction of sp³-hybridized carbons (Fsp3) is 0.273. The lowest BCUT2D eigenvalue weighted by molar-refractivity contribution is 0.378. The minimum atomic E-state index is -0.245. The molecule has 0 radical (unpaired) electrons. The first-order chi connectivity index (χ1) is 7.78. The number of hydrogen-bond acceptors (Lipinski definition) is 4. The second kappa shape index (κ2) is 4.85. The zero-order valence-corrected chi connectivity index (χ0v) is 8.90. The number of nitrogens with zero attached hydrogens (tertiary/aromatic N) is 2. The first kappa shape index (κ1) is 10.8. The van der Waals surface area contributed by atoms with Crippen LogP contribution >= 0.6 is 0 Å². The SMILES string of the molecule is CNCc1noc(Cc2ccc(F)cc2)n1. The molecule has 16 heavy (non-hydrogen) atoms. The maximum atomic E-state index is 12.7. The smallest absolute Gasteiger partial charge is 0.231 e. The molecule has 1 aromatic carbocycles. The summed E-state index contributed by atoms with van der Waals surface area (Å²) in [6, 6.07) is 6.25. The molecule has 0 atom stereocenters. The normalized spacial score (nSPS) is 10.6. The first-order valence-corrected chi connectivity index (χ1v) is 4.98. The van der Waals surface area contributed by atoms with E-state index in [1.807, 2.05) is 7.05 Å². The van der Waals surface area contributed by atoms with E-state index >= 15 is 0 Å². The van der Waals surface area contributed by atoms with Crippen LogP contribution in [0.3, 0.4) is 0 Å². The van der Waals surface area contributed by atoms with E-state index < -0.39 is 0 Å². The van der Waals surface area contributed by atoms with Gasteiger partial charge in [-0.05, 0) is 24.7 Å². The first-order valence-electron chi connectivity index (χ1n) is 4.98. The summed E-state index contributed by atoms with van der Waals surface area (Å²) in [4.78, 5) is 4.18. The minimum absolute atomic E-state index is 0.245. The summed E-state index contributed by atoms with van der Waals surface area (Å²) >= 11 is 0. The number of rotatable bonds is 4. The number of aromatic nitrogens is 2. The van der Waals surface area contributed by atoms with E-state index in [9.17, 15) is 4.39 Å². The zero-order chi connectivity index (χ0) is 11.4. The molecule has 0 bridgehead atoms. The molecule has 4 nitrogen and oxygen atoms in total. The Morgan fingerprint density at radius 1 is 1.31 bits per heavy atom. The van der Waals surface area contributed by atoms with E-state index in [0.717, 1.165) is 5.56 Å². The Hall–Kier alpha value is -1.75. The van der Waals surface area contributed by atoms with Crippen molar-refractivity contribution < 1.29 is 8.91 Å². The van der Waals surface area contributed by atoms with E-state index in [0.29, 0.717) is 24.7 Å². The van der Waals surface area contributed by atoms with Crippen LogP contribution in [0.25, 0.3) is 0 Å². The summed E-state index contributed by atoms with van der Waals surface area (Å²) in [6.45, 7) is 0.576. The number of nitrogens with one attached hydrogen (secondary N) is 1. The molecule has 0 aliphatic rings. The Balaban J connectivity index is 2.05. The molecule has 84 valence electrons. The highest BCUT2D eigenvalue weighted by molar-refractivity contribution is 5.19. The van der Waals surface area contributed by atoms with Crippen molar-refractivity contribution in [2.75, 3.05) is 7.05 Å². The van der Waals surface area contributed by atoms with Gasteiger partial charge in [-0.25, -0.2) is 4.39 Å². The molecule has 0 aliphatic heterocycles. The lowest BCUT2D eigenvalue weighted by Crippen LogP contribution is -2.06. The molecule has 1 N–H and O–H groups in total. The summed E-state index contributed by atoms with van der Waals surface area (Å²) in [5.74, 6) is 0.918. The molecule has 0 saturated heterocycles. The largest absolute Gasteiger partial charge is 0.339 e. The molecule has 2 aromatic rings. The molecule has 2 rings (SSSR count). The molecule has 1 heterocycles. The van der Waals surface area contributed by atoms with Crippen LogP contribution < -0.4 is 5.32 Å². The molecular weight excluding hydrogens is 209 g/mol. The molecule has 0 spiro atoms. The molecule has 0 fully saturated rings. The quantitative estimate of drug-likeness (QED) is 0.850. The van der Waals surface area contributed by atoms with E-state index in [2.05, 4.69) is 15.5 Å². The van der Waals surface area contributed by atoms with Crippen molar-refractivity contribution in [2.45, 2.75) is 13.0 Å². The van der Waals surface area contributed by atoms with Gasteiger partial charge in [0.25, 0.3) is 0 Å². The summed E-state index contributed by atoms with van der Waals surface area (Å²) in [7, 11) is 1.82. The fourth-order valence-electron chi connectivity index (χ4n) is 1.37. The fourth-order valence-corrected chi connectivity index (χ4v) is 1.37. The van der Waals surface area contributed by atoms with Crippen molar-refractivity contribution in [3.8, 4) is 0 Å². The van der Waals surface area contributed by atoms with E-state index in [1.165, 1.54) is 12.1 Å². The Morgan fingerprint density at radius 2 is 2.06 bits per heavy atom. The second-order valence-corrected chi connectivity index (χ2v) is 3.44. The van der Waals surface area contributed by atoms with Crippen molar-refractivity contribution in [1.82, 2.24) is 15.5 Å². The van der Waals surface area contributed by atoms with Crippen LogP contribution in [0.15, 0.2) is 28.8 Å². The van der Waals surface area contributed by atoms with Gasteiger partial charge < -0.3 is 9.84 Å². The summed E-state index contributed by atoms with van der Waals surface area (Å²) in [6.07, 6.45) is 0.525. The van der Waals surface area contributed by atoms with Gasteiger partial charge in [-0.3, -0.25) is 0 Å². The van der Waals surface area contributed by atoms with Gasteiger partial charge in [0.05, 0.1) is 13.0 Å². The van der Waals surface area contributed by atoms with Crippen LogP contribution in [0.1, 0.15) is 17.3 Å². The third-order valence-electron chi connectivity index (χ3n) is 2.11. The lowest BCUT2D eigenvalue weighted by atomic mass is 10.1. The van der Waals surface area contributed by atoms with Gasteiger partial charge >= 0.3 is 0 Å². The Labute approximate surface area is 92.5 Å². The van der Waals surface area contributed by atoms with E-state index in [-0.39, 0.29) is 5.82 Å². The maximum absolute atomic E-state index is 12.7. The van der Waals surface area contributed by atoms with Crippen LogP contribution in [-0.2, 0) is 13.0 Å². The predicted octanol–water partition coefficient (Wildman–Crippen LogP) is 1.52. The summed E-state index contributed by atoms with van der Waals surface area (Å²) in [5.41, 5.74) is 0.945. The summed E-state index contributed by atoms with van der Waals surface area (Å²) in [5, 5.41) is 6.73. The van der Waals surface area contributed by atoms with Crippen molar-refractivity contribution in [3.05, 3.63) is 47.4 Å². The maximum Gasteiger partial charge on any atom is 0.231 e. The monoisotopic (exact) mass is 221 g/mol. The van der Waals surface area contributed by atoms with E-state index in [4.69, 9.17) is 4.52 Å². The van der Waals surface area contributed by atoms with Crippen LogP contribution in [0.5, 0.6) is 0 Å². The highest BCUT2D eigenvalue weighted by Crippen LogP contribution is 2.08. The molecule has 0 saturated carbocycles. The topological polar surface area (TPSA) is 51.0 Å². The second-order valence-electron chi connectivity index (χ2n) is 3.44. The van der Waals surface area contributed by atoms with Crippen molar-refractivity contribution >= 4 is 0 Å². The molecule has 0 unspecified atom stereocenters. The average molecular weight is 221 g/mol. The van der Waals surface area contributed by atoms with Crippen molar-refractivity contribution in [3.63, 3.8) is 0 Å². The number of benzene rings is 1. The molecule has 0 amide bonds. The average Bonchev–Trinajstić information content (AvgIpc) is 2.70. The van der Waals surface area contributed by atoms with Crippen LogP contribution in [-0.4, -0.2) is 17.2 Å². The van der Waals surface area contributed by atoms with Gasteiger partial charge in [0.1, 0.15) is 5.82 Å². The highest BCUT2D eigenvalue weighted by Gasteiger charge is 2.06. The lowest BCUT2D eigenvalue weighted by Gasteiger charge is -1.95. The van der Waals surface area contributed by atoms with Gasteiger partial charge in [0, 0.05) is 0 Å². The Morgan fingerprint density at radius 3 is 2.75 bits per heavy atom. The third-order valence-corrected chi connectivity index (χ3v) is 2.11. The van der Waals surface area contributed by atoms with Crippen molar-refractivity contribution in [2.24, 2.45) is 0 Å². The molecule has 5 heteroatoms. The number of halogens is 1. The number of hydrogen-bond donors (Lipinski definition) is 1. The predicted molar refractivity (Wildman–Crippen MR) is 56.3 cm³/mol. The van der Waals surface area contributed by atoms with Crippen molar-refractivity contribution in [1.29, 1.82) is 0 Å². The van der Waals surface area contributed by atoms with Crippen LogP contribution in [0.2, 0.25) is 0 Å². The zero-order valence-electron chi connectivity index (χ0n) is 8.90. The molecule has 0 aliphatic carbocycles. The van der Waals surface area contributed by atoms with Gasteiger partial charge in [-0.1, -0.05) is 17.3 Å². The third kappa shape index (κ3) is 2.64. The Kier molecular flexibility index (Phi) is 3.26.